The van der Waals surface area contributed by atoms with Crippen LogP contribution < -0.4 is 10.1 Å². The summed E-state index contributed by atoms with van der Waals surface area (Å²) in [5.74, 6) is -0.896. The summed E-state index contributed by atoms with van der Waals surface area (Å²) in [4.78, 5) is 20.6. The van der Waals surface area contributed by atoms with E-state index >= 15 is 0 Å². The van der Waals surface area contributed by atoms with E-state index < -0.39 is 41.0 Å². The fourth-order valence-electron chi connectivity index (χ4n) is 2.78. The van der Waals surface area contributed by atoms with E-state index in [0.717, 1.165) is 0 Å². The van der Waals surface area contributed by atoms with E-state index in [-0.39, 0.29) is 23.6 Å². The highest BCUT2D eigenvalue weighted by atomic mass is 19.4. The summed E-state index contributed by atoms with van der Waals surface area (Å²) in [6, 6.07) is 2.74. The molecular weight excluding hydrogens is 444 g/mol. The van der Waals surface area contributed by atoms with Gasteiger partial charge in [-0.2, -0.15) is 31.0 Å². The lowest BCUT2D eigenvalue weighted by molar-refractivity contribution is -0.143. The summed E-state index contributed by atoms with van der Waals surface area (Å²) in [5.41, 5.74) is -3.69. The van der Waals surface area contributed by atoms with Gasteiger partial charge >= 0.3 is 12.4 Å². The van der Waals surface area contributed by atoms with Gasteiger partial charge in [0.05, 0.1) is 30.0 Å². The first-order chi connectivity index (χ1) is 14.9. The zero-order chi connectivity index (χ0) is 23.7. The average Bonchev–Trinajstić information content (AvgIpc) is 3.17. The predicted molar refractivity (Wildman–Crippen MR) is 98.0 cm³/mol. The highest BCUT2D eigenvalue weighted by Crippen LogP contribution is 2.36. The number of aromatic nitrogens is 4. The number of methoxy groups -OCH3 is 1. The number of carbonyl (C=O) groups is 1. The lowest BCUT2D eigenvalue weighted by Crippen LogP contribution is -2.29. The molecule has 0 aliphatic carbocycles. The summed E-state index contributed by atoms with van der Waals surface area (Å²) in [7, 11) is 1.34. The smallest absolute Gasteiger partial charge is 0.416 e. The molecule has 0 fully saturated rings. The van der Waals surface area contributed by atoms with E-state index in [1.54, 1.807) is 6.07 Å². The van der Waals surface area contributed by atoms with Crippen molar-refractivity contribution >= 4 is 5.91 Å². The summed E-state index contributed by atoms with van der Waals surface area (Å²) < 4.78 is 84.7. The second-order valence-electron chi connectivity index (χ2n) is 6.56. The number of hydrogen-bond donors (Lipinski definition) is 1. The second-order valence-corrected chi connectivity index (χ2v) is 6.56. The molecule has 2 heterocycles. The molecule has 1 unspecified atom stereocenters. The van der Waals surface area contributed by atoms with E-state index in [0.29, 0.717) is 12.1 Å². The van der Waals surface area contributed by atoms with Crippen molar-refractivity contribution in [1.82, 2.24) is 25.1 Å². The van der Waals surface area contributed by atoms with Gasteiger partial charge in [0.1, 0.15) is 0 Å². The molecular formula is C19H15F6N5O2. The molecule has 1 aromatic carbocycles. The number of nitrogens with zero attached hydrogens (tertiary/aromatic N) is 4. The van der Waals surface area contributed by atoms with Crippen molar-refractivity contribution < 1.29 is 35.9 Å². The first-order valence-electron chi connectivity index (χ1n) is 8.92. The average molecular weight is 459 g/mol. The maximum atomic E-state index is 13.1. The van der Waals surface area contributed by atoms with Crippen molar-refractivity contribution in [3.63, 3.8) is 0 Å². The van der Waals surface area contributed by atoms with Gasteiger partial charge in [-0.3, -0.25) is 4.79 Å². The summed E-state index contributed by atoms with van der Waals surface area (Å²) in [5, 5.41) is 6.49. The number of halogens is 6. The Morgan fingerprint density at radius 1 is 1.00 bits per heavy atom. The van der Waals surface area contributed by atoms with Crippen molar-refractivity contribution in [3.05, 3.63) is 65.1 Å². The van der Waals surface area contributed by atoms with Gasteiger partial charge in [-0.25, -0.2) is 9.97 Å². The van der Waals surface area contributed by atoms with Crippen LogP contribution in [0.3, 0.4) is 0 Å². The third-order valence-electron chi connectivity index (χ3n) is 4.31. The Labute approximate surface area is 177 Å². The van der Waals surface area contributed by atoms with Gasteiger partial charge in [0.2, 0.25) is 5.88 Å². The van der Waals surface area contributed by atoms with E-state index in [4.69, 9.17) is 4.74 Å². The molecule has 3 aromatic rings. The minimum absolute atomic E-state index is 0.0487. The minimum atomic E-state index is -5.07. The van der Waals surface area contributed by atoms with Gasteiger partial charge in [-0.05, 0) is 31.2 Å². The number of carbonyl (C=O) groups excluding carboxylic acids is 1. The first-order valence-corrected chi connectivity index (χ1v) is 8.92. The maximum absolute atomic E-state index is 13.1. The van der Waals surface area contributed by atoms with Crippen LogP contribution in [0.15, 0.2) is 42.7 Å². The monoisotopic (exact) mass is 459 g/mol. The summed E-state index contributed by atoms with van der Waals surface area (Å²) in [6.45, 7) is 1.46. The molecule has 1 amide bonds. The van der Waals surface area contributed by atoms with Crippen molar-refractivity contribution in [2.24, 2.45) is 0 Å². The molecule has 0 radical (unpaired) electrons. The molecule has 7 nitrogen and oxygen atoms in total. The number of rotatable bonds is 5. The normalized spacial score (nSPS) is 13.0. The van der Waals surface area contributed by atoms with Crippen LogP contribution in [0.1, 0.15) is 40.1 Å². The van der Waals surface area contributed by atoms with Crippen LogP contribution >= 0.6 is 0 Å². The number of hydrogen-bond acceptors (Lipinski definition) is 5. The van der Waals surface area contributed by atoms with Crippen LogP contribution in [-0.4, -0.2) is 32.8 Å². The number of alkyl halides is 6. The lowest BCUT2D eigenvalue weighted by Gasteiger charge is -2.17. The molecule has 0 spiro atoms. The molecule has 1 N–H and O–H groups in total. The Morgan fingerprint density at radius 3 is 2.06 bits per heavy atom. The quantitative estimate of drug-likeness (QED) is 0.579. The number of ether oxygens (including phenoxy) is 1. The lowest BCUT2D eigenvalue weighted by atomic mass is 10.0. The Kier molecular flexibility index (Phi) is 6.10. The van der Waals surface area contributed by atoms with E-state index in [2.05, 4.69) is 20.4 Å². The third kappa shape index (κ3) is 4.98. The highest BCUT2D eigenvalue weighted by molar-refractivity contribution is 5.95. The van der Waals surface area contributed by atoms with Gasteiger partial charge in [-0.1, -0.05) is 0 Å². The SMILES string of the molecule is COc1cc(C(C)NC(=O)c2cc(C(F)(F)F)cc(C(F)(F)F)c2)n(-c2ncccn2)n1. The zero-order valence-corrected chi connectivity index (χ0v) is 16.5. The molecule has 1 atom stereocenters. The Bertz CT molecular complexity index is 1080. The Morgan fingerprint density at radius 2 is 1.56 bits per heavy atom. The van der Waals surface area contributed by atoms with Crippen LogP contribution in [0.25, 0.3) is 5.95 Å². The van der Waals surface area contributed by atoms with Gasteiger partial charge in [0.25, 0.3) is 11.9 Å². The van der Waals surface area contributed by atoms with Crippen LogP contribution in [0.4, 0.5) is 26.3 Å². The fraction of sp³-hybridized carbons (Fsp3) is 0.263. The summed E-state index contributed by atoms with van der Waals surface area (Å²) >= 11 is 0. The molecule has 0 aliphatic heterocycles. The Hall–Kier alpha value is -3.64. The van der Waals surface area contributed by atoms with E-state index in [1.807, 2.05) is 0 Å². The molecule has 32 heavy (non-hydrogen) atoms. The van der Waals surface area contributed by atoms with Crippen LogP contribution in [-0.2, 0) is 12.4 Å². The minimum Gasteiger partial charge on any atom is -0.480 e. The van der Waals surface area contributed by atoms with E-state index in [9.17, 15) is 31.1 Å². The molecule has 170 valence electrons. The second kappa shape index (κ2) is 8.48. The van der Waals surface area contributed by atoms with Gasteiger partial charge < -0.3 is 10.1 Å². The molecule has 0 saturated heterocycles. The first kappa shape index (κ1) is 23.0. The largest absolute Gasteiger partial charge is 0.480 e. The molecule has 0 aliphatic rings. The number of nitrogens with one attached hydrogen (secondary N) is 1. The highest BCUT2D eigenvalue weighted by Gasteiger charge is 2.37. The van der Waals surface area contributed by atoms with Crippen molar-refractivity contribution in [2.45, 2.75) is 25.3 Å². The van der Waals surface area contributed by atoms with Gasteiger partial charge in [-0.15, -0.1) is 5.10 Å². The topological polar surface area (TPSA) is 81.9 Å². The van der Waals surface area contributed by atoms with Crippen molar-refractivity contribution in [1.29, 1.82) is 0 Å². The van der Waals surface area contributed by atoms with Crippen molar-refractivity contribution in [2.75, 3.05) is 7.11 Å². The molecule has 3 rings (SSSR count). The third-order valence-corrected chi connectivity index (χ3v) is 4.31. The Balaban J connectivity index is 1.95. The van der Waals surface area contributed by atoms with Gasteiger partial charge in [0.15, 0.2) is 0 Å². The van der Waals surface area contributed by atoms with Crippen LogP contribution in [0.5, 0.6) is 5.88 Å². The van der Waals surface area contributed by atoms with Crippen LogP contribution in [0.2, 0.25) is 0 Å². The van der Waals surface area contributed by atoms with Gasteiger partial charge in [0, 0.05) is 24.0 Å². The molecule has 2 aromatic heterocycles. The number of benzene rings is 1. The van der Waals surface area contributed by atoms with Crippen LogP contribution in [0, 0.1) is 0 Å². The zero-order valence-electron chi connectivity index (χ0n) is 16.5. The summed E-state index contributed by atoms with van der Waals surface area (Å²) in [6.07, 6.45) is -7.27. The van der Waals surface area contributed by atoms with E-state index in [1.165, 1.54) is 37.2 Å². The maximum Gasteiger partial charge on any atom is 0.416 e. The fourth-order valence-corrected chi connectivity index (χ4v) is 2.78. The van der Waals surface area contributed by atoms with Crippen molar-refractivity contribution in [3.8, 4) is 11.8 Å². The molecule has 0 saturated carbocycles. The number of amides is 1. The molecule has 13 heteroatoms. The molecule has 0 bridgehead atoms. The standard InChI is InChI=1S/C19H15F6N5O2/c1-10(14-9-15(32-2)29-30(14)17-26-4-3-5-27-17)28-16(31)11-6-12(18(20,21)22)8-13(7-11)19(23,24)25/h3-10H,1-2H3,(H,28,31). The predicted octanol–water partition coefficient (Wildman–Crippen LogP) is 4.20.